The van der Waals surface area contributed by atoms with Gasteiger partial charge in [-0.05, 0) is 25.0 Å². The van der Waals surface area contributed by atoms with Crippen LogP contribution in [0.3, 0.4) is 0 Å². The maximum Gasteiger partial charge on any atom is 0.260 e. The Balaban J connectivity index is 2.18. The third-order valence-corrected chi connectivity index (χ3v) is 3.43. The first kappa shape index (κ1) is 14.7. The standard InChI is InChI=1S/C14H17ClN2O3/c15-8-4-3-7-13(18)17-9-12(14(16)19)20-11-6-2-1-5-10(11)17/h1-2,5-6,12H,3-4,7-9H2,(H2,16,19). The summed E-state index contributed by atoms with van der Waals surface area (Å²) in [5.41, 5.74) is 5.97. The summed E-state index contributed by atoms with van der Waals surface area (Å²) in [5.74, 6) is 0.431. The highest BCUT2D eigenvalue weighted by atomic mass is 35.5. The molecule has 1 aromatic rings. The lowest BCUT2D eigenvalue weighted by molar-refractivity contribution is -0.125. The Bertz CT molecular complexity index is 507. The number of alkyl halides is 1. The van der Waals surface area contributed by atoms with Crippen LogP contribution in [-0.2, 0) is 9.59 Å². The zero-order valence-electron chi connectivity index (χ0n) is 11.0. The second kappa shape index (κ2) is 6.61. The zero-order chi connectivity index (χ0) is 14.5. The molecule has 2 N–H and O–H groups in total. The van der Waals surface area contributed by atoms with Gasteiger partial charge in [0.2, 0.25) is 5.91 Å². The fourth-order valence-corrected chi connectivity index (χ4v) is 2.31. The summed E-state index contributed by atoms with van der Waals surface area (Å²) < 4.78 is 5.51. The summed E-state index contributed by atoms with van der Waals surface area (Å²) in [6.07, 6.45) is 1.11. The molecule has 5 nitrogen and oxygen atoms in total. The maximum absolute atomic E-state index is 12.3. The SMILES string of the molecule is NC(=O)C1CN(C(=O)CCCCCl)c2ccccc2O1. The molecule has 1 atom stereocenters. The van der Waals surface area contributed by atoms with Gasteiger partial charge < -0.3 is 15.4 Å². The number of primary amides is 1. The van der Waals surface area contributed by atoms with Gasteiger partial charge in [0, 0.05) is 12.3 Å². The lowest BCUT2D eigenvalue weighted by atomic mass is 10.1. The van der Waals surface area contributed by atoms with Crippen molar-refractivity contribution in [2.45, 2.75) is 25.4 Å². The molecule has 0 saturated carbocycles. The molecule has 0 fully saturated rings. The van der Waals surface area contributed by atoms with E-state index in [1.54, 1.807) is 23.1 Å². The fraction of sp³-hybridized carbons (Fsp3) is 0.429. The Morgan fingerprint density at radius 3 is 2.80 bits per heavy atom. The van der Waals surface area contributed by atoms with Crippen molar-refractivity contribution in [3.8, 4) is 5.75 Å². The monoisotopic (exact) mass is 296 g/mol. The first-order valence-corrected chi connectivity index (χ1v) is 7.08. The third kappa shape index (κ3) is 3.22. The van der Waals surface area contributed by atoms with Gasteiger partial charge in [0.05, 0.1) is 12.2 Å². The van der Waals surface area contributed by atoms with Crippen molar-refractivity contribution in [3.63, 3.8) is 0 Å². The predicted molar refractivity (Wildman–Crippen MR) is 77.0 cm³/mol. The van der Waals surface area contributed by atoms with Crippen LogP contribution in [0.15, 0.2) is 24.3 Å². The van der Waals surface area contributed by atoms with Crippen LogP contribution in [0.25, 0.3) is 0 Å². The molecule has 1 aliphatic rings. The Morgan fingerprint density at radius 1 is 1.35 bits per heavy atom. The molecule has 2 rings (SSSR count). The van der Waals surface area contributed by atoms with Crippen molar-refractivity contribution >= 4 is 29.1 Å². The van der Waals surface area contributed by atoms with Crippen LogP contribution >= 0.6 is 11.6 Å². The number of halogens is 1. The molecule has 20 heavy (non-hydrogen) atoms. The quantitative estimate of drug-likeness (QED) is 0.663. The van der Waals surface area contributed by atoms with Gasteiger partial charge in [-0.1, -0.05) is 12.1 Å². The Morgan fingerprint density at radius 2 is 2.10 bits per heavy atom. The smallest absolute Gasteiger partial charge is 0.260 e. The average Bonchev–Trinajstić information content (AvgIpc) is 2.46. The van der Waals surface area contributed by atoms with Gasteiger partial charge in [0.25, 0.3) is 5.91 Å². The fourth-order valence-electron chi connectivity index (χ4n) is 2.12. The lowest BCUT2D eigenvalue weighted by Gasteiger charge is -2.33. The number of para-hydroxylation sites is 2. The minimum Gasteiger partial charge on any atom is -0.477 e. The van der Waals surface area contributed by atoms with Crippen LogP contribution in [0.4, 0.5) is 5.69 Å². The molecule has 1 aromatic carbocycles. The second-order valence-electron chi connectivity index (χ2n) is 4.63. The van der Waals surface area contributed by atoms with E-state index >= 15 is 0 Å². The minimum absolute atomic E-state index is 0.0443. The number of carbonyl (C=O) groups excluding carboxylic acids is 2. The molecular formula is C14H17ClN2O3. The average molecular weight is 297 g/mol. The van der Waals surface area contributed by atoms with Gasteiger partial charge in [0.15, 0.2) is 6.10 Å². The second-order valence-corrected chi connectivity index (χ2v) is 5.00. The van der Waals surface area contributed by atoms with Gasteiger partial charge in [-0.3, -0.25) is 9.59 Å². The number of benzene rings is 1. The molecule has 1 aliphatic heterocycles. The number of nitrogens with zero attached hydrogens (tertiary/aromatic N) is 1. The number of ether oxygens (including phenoxy) is 1. The molecule has 108 valence electrons. The van der Waals surface area contributed by atoms with E-state index in [0.29, 0.717) is 23.7 Å². The molecule has 0 saturated heterocycles. The van der Waals surface area contributed by atoms with Crippen LogP contribution in [0, 0.1) is 0 Å². The van der Waals surface area contributed by atoms with Crippen molar-refractivity contribution in [1.29, 1.82) is 0 Å². The van der Waals surface area contributed by atoms with Gasteiger partial charge >= 0.3 is 0 Å². The van der Waals surface area contributed by atoms with Crippen molar-refractivity contribution in [1.82, 2.24) is 0 Å². The third-order valence-electron chi connectivity index (χ3n) is 3.17. The number of amides is 2. The van der Waals surface area contributed by atoms with E-state index in [1.165, 1.54) is 0 Å². The van der Waals surface area contributed by atoms with Crippen molar-refractivity contribution in [2.75, 3.05) is 17.3 Å². The van der Waals surface area contributed by atoms with Crippen LogP contribution in [0.1, 0.15) is 19.3 Å². The number of carbonyl (C=O) groups is 2. The summed E-state index contributed by atoms with van der Waals surface area (Å²) in [6, 6.07) is 7.14. The zero-order valence-corrected chi connectivity index (χ0v) is 11.8. The number of unbranched alkanes of at least 4 members (excludes halogenated alkanes) is 1. The number of hydrogen-bond donors (Lipinski definition) is 1. The number of nitrogens with two attached hydrogens (primary N) is 1. The summed E-state index contributed by atoms with van der Waals surface area (Å²) in [7, 11) is 0. The van der Waals surface area contributed by atoms with Crippen LogP contribution < -0.4 is 15.4 Å². The van der Waals surface area contributed by atoms with Gasteiger partial charge in [-0.25, -0.2) is 0 Å². The number of rotatable bonds is 5. The van der Waals surface area contributed by atoms with E-state index in [2.05, 4.69) is 0 Å². The van der Waals surface area contributed by atoms with Gasteiger partial charge in [0.1, 0.15) is 5.75 Å². The highest BCUT2D eigenvalue weighted by Crippen LogP contribution is 2.33. The topological polar surface area (TPSA) is 72.6 Å². The van der Waals surface area contributed by atoms with Gasteiger partial charge in [-0.15, -0.1) is 11.6 Å². The van der Waals surface area contributed by atoms with Crippen molar-refractivity contribution in [3.05, 3.63) is 24.3 Å². The van der Waals surface area contributed by atoms with E-state index in [4.69, 9.17) is 22.1 Å². The molecular weight excluding hydrogens is 280 g/mol. The molecule has 0 aliphatic carbocycles. The molecule has 1 unspecified atom stereocenters. The molecule has 0 spiro atoms. The van der Waals surface area contributed by atoms with Crippen molar-refractivity contribution < 1.29 is 14.3 Å². The van der Waals surface area contributed by atoms with E-state index in [-0.39, 0.29) is 12.5 Å². The van der Waals surface area contributed by atoms with Crippen LogP contribution in [-0.4, -0.2) is 30.3 Å². The summed E-state index contributed by atoms with van der Waals surface area (Å²) in [5, 5.41) is 0. The van der Waals surface area contributed by atoms with E-state index in [9.17, 15) is 9.59 Å². The van der Waals surface area contributed by atoms with Gasteiger partial charge in [-0.2, -0.15) is 0 Å². The van der Waals surface area contributed by atoms with E-state index < -0.39 is 12.0 Å². The number of hydrogen-bond acceptors (Lipinski definition) is 3. The van der Waals surface area contributed by atoms with Crippen LogP contribution in [0.5, 0.6) is 5.75 Å². The first-order chi connectivity index (χ1) is 9.63. The Hall–Kier alpha value is -1.75. The van der Waals surface area contributed by atoms with E-state index in [1.807, 2.05) is 6.07 Å². The maximum atomic E-state index is 12.3. The molecule has 0 radical (unpaired) electrons. The Labute approximate surface area is 122 Å². The Kier molecular flexibility index (Phi) is 4.84. The number of fused-ring (bicyclic) bond motifs is 1. The molecule has 2 amide bonds. The van der Waals surface area contributed by atoms with Crippen LogP contribution in [0.2, 0.25) is 0 Å². The summed E-state index contributed by atoms with van der Waals surface area (Å²) in [4.78, 5) is 25.2. The molecule has 0 aromatic heterocycles. The number of anilines is 1. The minimum atomic E-state index is -0.804. The molecule has 0 bridgehead atoms. The van der Waals surface area contributed by atoms with Crippen molar-refractivity contribution in [2.24, 2.45) is 5.73 Å². The van der Waals surface area contributed by atoms with E-state index in [0.717, 1.165) is 12.8 Å². The summed E-state index contributed by atoms with van der Waals surface area (Å²) in [6.45, 7) is 0.159. The highest BCUT2D eigenvalue weighted by Gasteiger charge is 2.32. The normalized spacial score (nSPS) is 17.2. The summed E-state index contributed by atoms with van der Waals surface area (Å²) >= 11 is 5.61. The predicted octanol–water partition coefficient (Wildman–Crippen LogP) is 1.67. The highest BCUT2D eigenvalue weighted by molar-refractivity contribution is 6.17. The largest absolute Gasteiger partial charge is 0.477 e. The molecule has 1 heterocycles. The lowest BCUT2D eigenvalue weighted by Crippen LogP contribution is -2.49. The molecule has 6 heteroatoms. The first-order valence-electron chi connectivity index (χ1n) is 6.55.